The highest BCUT2D eigenvalue weighted by molar-refractivity contribution is 5.52. The van der Waals surface area contributed by atoms with Crippen LogP contribution in [-0.2, 0) is 0 Å². The fraction of sp³-hybridized carbons (Fsp3) is 0.538. The summed E-state index contributed by atoms with van der Waals surface area (Å²) >= 11 is 0. The highest BCUT2D eigenvalue weighted by Crippen LogP contribution is 2.44. The first-order chi connectivity index (χ1) is 8.20. The second kappa shape index (κ2) is 3.72. The lowest BCUT2D eigenvalue weighted by Gasteiger charge is -2.14. The van der Waals surface area contributed by atoms with Gasteiger partial charge in [-0.2, -0.15) is 9.61 Å². The molecule has 0 radical (unpaired) electrons. The molecule has 2 aromatic rings. The molecule has 1 fully saturated rings. The summed E-state index contributed by atoms with van der Waals surface area (Å²) in [6.45, 7) is 4.25. The number of rotatable bonds is 3. The number of fused-ring (bicyclic) bond motifs is 1. The quantitative estimate of drug-likeness (QED) is 0.881. The molecule has 0 aliphatic heterocycles. The maximum Gasteiger partial charge on any atom is 0.160 e. The molecule has 0 amide bonds. The van der Waals surface area contributed by atoms with Crippen LogP contribution >= 0.6 is 0 Å². The molecule has 1 aliphatic rings. The van der Waals surface area contributed by atoms with E-state index in [0.29, 0.717) is 11.7 Å². The van der Waals surface area contributed by atoms with Crippen LogP contribution in [0.1, 0.15) is 43.4 Å². The van der Waals surface area contributed by atoms with Crippen molar-refractivity contribution in [3.05, 3.63) is 23.5 Å². The molecule has 0 saturated heterocycles. The Morgan fingerprint density at radius 3 is 2.94 bits per heavy atom. The zero-order valence-corrected chi connectivity index (χ0v) is 10.3. The largest absolute Gasteiger partial charge is 0.384 e. The van der Waals surface area contributed by atoms with Crippen molar-refractivity contribution in [2.45, 2.75) is 39.0 Å². The summed E-state index contributed by atoms with van der Waals surface area (Å²) in [7, 11) is 0. The lowest BCUT2D eigenvalue weighted by molar-refractivity contribution is 0.571. The van der Waals surface area contributed by atoms with Gasteiger partial charge in [-0.3, -0.25) is 0 Å². The van der Waals surface area contributed by atoms with E-state index in [2.05, 4.69) is 12.0 Å². The first-order valence-electron chi connectivity index (χ1n) is 6.31. The van der Waals surface area contributed by atoms with Gasteiger partial charge in [0.2, 0.25) is 0 Å². The summed E-state index contributed by atoms with van der Waals surface area (Å²) in [5.74, 6) is 2.08. The molecule has 1 saturated carbocycles. The fourth-order valence-corrected chi connectivity index (χ4v) is 2.59. The summed E-state index contributed by atoms with van der Waals surface area (Å²) in [5.41, 5.74) is 9.18. The number of aryl methyl sites for hydroxylation is 1. The van der Waals surface area contributed by atoms with E-state index in [-0.39, 0.29) is 0 Å². The topological polar surface area (TPSA) is 56.2 Å². The zero-order chi connectivity index (χ0) is 12.0. The van der Waals surface area contributed by atoms with E-state index in [1.54, 1.807) is 4.52 Å². The van der Waals surface area contributed by atoms with Gasteiger partial charge >= 0.3 is 0 Å². The number of aromatic nitrogens is 3. The Hall–Kier alpha value is -1.58. The third-order valence-corrected chi connectivity index (χ3v) is 3.71. The summed E-state index contributed by atoms with van der Waals surface area (Å²) in [5, 5.41) is 4.23. The van der Waals surface area contributed by atoms with Gasteiger partial charge in [0.25, 0.3) is 0 Å². The second-order valence-electron chi connectivity index (χ2n) is 5.02. The van der Waals surface area contributed by atoms with Crippen LogP contribution in [0.15, 0.2) is 12.3 Å². The second-order valence-corrected chi connectivity index (χ2v) is 5.02. The Balaban J connectivity index is 2.12. The number of anilines is 1. The molecule has 2 aromatic heterocycles. The highest BCUT2D eigenvalue weighted by Gasteiger charge is 2.32. The minimum absolute atomic E-state index is 0.566. The minimum Gasteiger partial charge on any atom is -0.384 e. The van der Waals surface area contributed by atoms with Crippen LogP contribution < -0.4 is 5.73 Å². The van der Waals surface area contributed by atoms with Gasteiger partial charge in [-0.05, 0) is 32.1 Å². The average Bonchev–Trinajstić information content (AvgIpc) is 3.06. The lowest BCUT2D eigenvalue weighted by atomic mass is 9.96. The molecule has 2 heterocycles. The molecule has 0 unspecified atom stereocenters. The molecule has 0 aromatic carbocycles. The average molecular weight is 230 g/mol. The summed E-state index contributed by atoms with van der Waals surface area (Å²) in [4.78, 5) is 4.75. The molecule has 0 spiro atoms. The van der Waals surface area contributed by atoms with Gasteiger partial charge in [0.1, 0.15) is 5.82 Å². The molecule has 90 valence electrons. The molecule has 2 N–H and O–H groups in total. The Labute approximate surface area is 101 Å². The predicted octanol–water partition coefficient (Wildman–Crippen LogP) is 2.52. The van der Waals surface area contributed by atoms with Crippen molar-refractivity contribution in [3.63, 3.8) is 0 Å². The first-order valence-corrected chi connectivity index (χ1v) is 6.31. The Morgan fingerprint density at radius 2 is 2.29 bits per heavy atom. The van der Waals surface area contributed by atoms with E-state index in [4.69, 9.17) is 10.7 Å². The van der Waals surface area contributed by atoms with Gasteiger partial charge in [0.05, 0.1) is 6.20 Å². The lowest BCUT2D eigenvalue weighted by Crippen LogP contribution is -2.08. The third kappa shape index (κ3) is 1.68. The minimum atomic E-state index is 0.566. The Bertz CT molecular complexity index is 554. The van der Waals surface area contributed by atoms with Gasteiger partial charge in [0.15, 0.2) is 5.65 Å². The van der Waals surface area contributed by atoms with Crippen molar-refractivity contribution < 1.29 is 0 Å². The van der Waals surface area contributed by atoms with Crippen LogP contribution in [0, 0.1) is 12.8 Å². The SMILES string of the molecule is CC[C@@H](c1cc(N)n2ncc(C)c2n1)C1CC1. The zero-order valence-electron chi connectivity index (χ0n) is 10.3. The van der Waals surface area contributed by atoms with Crippen molar-refractivity contribution >= 4 is 11.5 Å². The number of hydrogen-bond donors (Lipinski definition) is 1. The molecule has 17 heavy (non-hydrogen) atoms. The van der Waals surface area contributed by atoms with Crippen LogP contribution in [0.3, 0.4) is 0 Å². The summed E-state index contributed by atoms with van der Waals surface area (Å²) in [6.07, 6.45) is 5.63. The first kappa shape index (κ1) is 10.6. The van der Waals surface area contributed by atoms with E-state index >= 15 is 0 Å². The van der Waals surface area contributed by atoms with Gasteiger partial charge < -0.3 is 5.73 Å². The highest BCUT2D eigenvalue weighted by atomic mass is 15.3. The van der Waals surface area contributed by atoms with Gasteiger partial charge in [-0.1, -0.05) is 6.92 Å². The Morgan fingerprint density at radius 1 is 1.53 bits per heavy atom. The Kier molecular flexibility index (Phi) is 2.31. The van der Waals surface area contributed by atoms with Crippen LogP contribution in [0.4, 0.5) is 5.82 Å². The van der Waals surface area contributed by atoms with Crippen LogP contribution in [0.25, 0.3) is 5.65 Å². The van der Waals surface area contributed by atoms with Gasteiger partial charge in [-0.25, -0.2) is 4.98 Å². The number of nitrogens with two attached hydrogens (primary N) is 1. The van der Waals surface area contributed by atoms with E-state index in [1.807, 2.05) is 19.2 Å². The normalized spacial score (nSPS) is 17.5. The van der Waals surface area contributed by atoms with Crippen molar-refractivity contribution in [2.75, 3.05) is 5.73 Å². The maximum absolute atomic E-state index is 6.04. The van der Waals surface area contributed by atoms with Crippen molar-refractivity contribution in [3.8, 4) is 0 Å². The van der Waals surface area contributed by atoms with Crippen molar-refractivity contribution in [1.82, 2.24) is 14.6 Å². The molecular formula is C13H18N4. The van der Waals surface area contributed by atoms with Gasteiger partial charge in [-0.15, -0.1) is 0 Å². The fourth-order valence-electron chi connectivity index (χ4n) is 2.59. The van der Waals surface area contributed by atoms with Gasteiger partial charge in [0, 0.05) is 23.2 Å². The molecule has 3 rings (SSSR count). The smallest absolute Gasteiger partial charge is 0.160 e. The van der Waals surface area contributed by atoms with Crippen molar-refractivity contribution in [2.24, 2.45) is 5.92 Å². The van der Waals surface area contributed by atoms with Crippen molar-refractivity contribution in [1.29, 1.82) is 0 Å². The van der Waals surface area contributed by atoms with E-state index < -0.39 is 0 Å². The number of nitrogen functional groups attached to an aromatic ring is 1. The molecule has 1 aliphatic carbocycles. The predicted molar refractivity (Wildman–Crippen MR) is 67.9 cm³/mol. The standard InChI is InChI=1S/C13H18N4/c1-3-10(9-4-5-9)11-6-12(14)17-13(16-11)8(2)7-15-17/h6-7,9-10H,3-5,14H2,1-2H3/t10-/m1/s1. The molecule has 0 bridgehead atoms. The van der Waals surface area contributed by atoms with E-state index in [1.165, 1.54) is 12.8 Å². The monoisotopic (exact) mass is 230 g/mol. The molecule has 4 nitrogen and oxygen atoms in total. The maximum atomic E-state index is 6.04. The summed E-state index contributed by atoms with van der Waals surface area (Å²) < 4.78 is 1.72. The van der Waals surface area contributed by atoms with Crippen LogP contribution in [0.5, 0.6) is 0 Å². The third-order valence-electron chi connectivity index (χ3n) is 3.71. The number of hydrogen-bond acceptors (Lipinski definition) is 3. The molecule has 1 atom stereocenters. The summed E-state index contributed by atoms with van der Waals surface area (Å²) in [6, 6.07) is 1.99. The molecule has 4 heteroatoms. The van der Waals surface area contributed by atoms with Crippen LogP contribution in [0.2, 0.25) is 0 Å². The van der Waals surface area contributed by atoms with E-state index in [9.17, 15) is 0 Å². The number of nitrogens with zero attached hydrogens (tertiary/aromatic N) is 3. The van der Waals surface area contributed by atoms with Crippen LogP contribution in [-0.4, -0.2) is 14.6 Å². The van der Waals surface area contributed by atoms with E-state index in [0.717, 1.165) is 29.2 Å². The molecular weight excluding hydrogens is 212 g/mol.